The number of esters is 1. The first-order valence-corrected chi connectivity index (χ1v) is 4.96. The molecule has 0 aliphatic heterocycles. The Morgan fingerprint density at radius 3 is 2.80 bits per heavy atom. The van der Waals surface area contributed by atoms with Crippen LogP contribution in [0.4, 0.5) is 8.78 Å². The summed E-state index contributed by atoms with van der Waals surface area (Å²) in [5.74, 6) is -0.634. The van der Waals surface area contributed by atoms with Crippen molar-refractivity contribution in [1.82, 2.24) is 4.98 Å². The van der Waals surface area contributed by atoms with E-state index >= 15 is 0 Å². The van der Waals surface area contributed by atoms with E-state index < -0.39 is 12.4 Å². The minimum atomic E-state index is -2.61. The molecule has 0 saturated heterocycles. The van der Waals surface area contributed by atoms with Gasteiger partial charge in [-0.1, -0.05) is 0 Å². The summed E-state index contributed by atoms with van der Waals surface area (Å²) in [5.41, 5.74) is -0.240. The number of hydrogen-bond acceptors (Lipinski definition) is 3. The van der Waals surface area contributed by atoms with Crippen molar-refractivity contribution >= 4 is 21.9 Å². The van der Waals surface area contributed by atoms with E-state index in [0.29, 0.717) is 0 Å². The molecular weight excluding hydrogens is 272 g/mol. The van der Waals surface area contributed by atoms with E-state index in [0.717, 1.165) is 12.3 Å². The van der Waals surface area contributed by atoms with Gasteiger partial charge in [-0.25, -0.2) is 18.6 Å². The van der Waals surface area contributed by atoms with E-state index in [4.69, 9.17) is 4.74 Å². The van der Waals surface area contributed by atoms with Gasteiger partial charge >= 0.3 is 5.97 Å². The molecule has 0 saturated carbocycles. The summed E-state index contributed by atoms with van der Waals surface area (Å²) in [5, 5.41) is 0. The topological polar surface area (TPSA) is 39.2 Å². The highest BCUT2D eigenvalue weighted by atomic mass is 79.9. The van der Waals surface area contributed by atoms with Crippen molar-refractivity contribution in [3.63, 3.8) is 0 Å². The van der Waals surface area contributed by atoms with Crippen LogP contribution in [-0.4, -0.2) is 17.6 Å². The van der Waals surface area contributed by atoms with E-state index in [1.165, 1.54) is 0 Å². The van der Waals surface area contributed by atoms with Gasteiger partial charge in [0.15, 0.2) is 5.69 Å². The van der Waals surface area contributed by atoms with Crippen molar-refractivity contribution < 1.29 is 18.3 Å². The van der Waals surface area contributed by atoms with Crippen molar-refractivity contribution in [2.24, 2.45) is 0 Å². The first-order chi connectivity index (χ1) is 7.06. The Kier molecular flexibility index (Phi) is 4.14. The molecule has 1 rings (SSSR count). The van der Waals surface area contributed by atoms with Crippen molar-refractivity contribution in [2.45, 2.75) is 13.3 Å². The van der Waals surface area contributed by atoms with Crippen LogP contribution in [0.15, 0.2) is 16.7 Å². The molecular formula is C9H8BrF2NO2. The Hall–Kier alpha value is -1.04. The number of carbonyl (C=O) groups is 1. The maximum atomic E-state index is 12.3. The molecule has 0 aromatic carbocycles. The summed E-state index contributed by atoms with van der Waals surface area (Å²) in [4.78, 5) is 14.9. The predicted octanol–water partition coefficient (Wildman–Crippen LogP) is 2.96. The Bertz CT molecular complexity index is 371. The summed E-state index contributed by atoms with van der Waals surface area (Å²) in [7, 11) is 0. The molecule has 0 aliphatic carbocycles. The zero-order chi connectivity index (χ0) is 11.4. The SMILES string of the molecule is CCOC(=O)c1ncc(C(F)F)cc1Br. The van der Waals surface area contributed by atoms with Gasteiger partial charge in [0.1, 0.15) is 0 Å². The van der Waals surface area contributed by atoms with Crippen LogP contribution in [0.3, 0.4) is 0 Å². The lowest BCUT2D eigenvalue weighted by molar-refractivity contribution is 0.0517. The van der Waals surface area contributed by atoms with Crippen LogP contribution in [-0.2, 0) is 4.74 Å². The molecule has 0 aliphatic rings. The van der Waals surface area contributed by atoms with Crippen LogP contribution in [0.25, 0.3) is 0 Å². The number of rotatable bonds is 3. The Labute approximate surface area is 93.6 Å². The molecule has 0 fully saturated rings. The summed E-state index contributed by atoms with van der Waals surface area (Å²) in [6.07, 6.45) is -1.65. The predicted molar refractivity (Wildman–Crippen MR) is 52.9 cm³/mol. The molecule has 0 bridgehead atoms. The highest BCUT2D eigenvalue weighted by molar-refractivity contribution is 9.10. The highest BCUT2D eigenvalue weighted by Gasteiger charge is 2.16. The van der Waals surface area contributed by atoms with Gasteiger partial charge in [0.2, 0.25) is 0 Å². The van der Waals surface area contributed by atoms with Crippen LogP contribution < -0.4 is 0 Å². The normalized spacial score (nSPS) is 10.5. The second kappa shape index (κ2) is 5.16. The molecule has 1 aromatic heterocycles. The highest BCUT2D eigenvalue weighted by Crippen LogP contribution is 2.23. The van der Waals surface area contributed by atoms with Gasteiger partial charge < -0.3 is 4.74 Å². The van der Waals surface area contributed by atoms with E-state index in [9.17, 15) is 13.6 Å². The van der Waals surface area contributed by atoms with E-state index in [1.807, 2.05) is 0 Å². The second-order valence-corrected chi connectivity index (χ2v) is 3.47. The number of aromatic nitrogens is 1. The molecule has 0 spiro atoms. The summed E-state index contributed by atoms with van der Waals surface area (Å²) in [6.45, 7) is 1.86. The number of ether oxygens (including phenoxy) is 1. The Morgan fingerprint density at radius 2 is 2.33 bits per heavy atom. The summed E-state index contributed by atoms with van der Waals surface area (Å²) >= 11 is 2.99. The number of nitrogens with zero attached hydrogens (tertiary/aromatic N) is 1. The quantitative estimate of drug-likeness (QED) is 0.799. The first-order valence-electron chi connectivity index (χ1n) is 4.17. The number of halogens is 3. The molecule has 1 aromatic rings. The Balaban J connectivity index is 2.98. The third-order valence-corrected chi connectivity index (χ3v) is 2.19. The summed E-state index contributed by atoms with van der Waals surface area (Å²) in [6, 6.07) is 1.16. The van der Waals surface area contributed by atoms with E-state index in [2.05, 4.69) is 20.9 Å². The van der Waals surface area contributed by atoms with Gasteiger partial charge in [0.25, 0.3) is 6.43 Å². The number of pyridine rings is 1. The molecule has 1 heterocycles. The van der Waals surface area contributed by atoms with Gasteiger partial charge in [-0.3, -0.25) is 0 Å². The standard InChI is InChI=1S/C9H8BrF2NO2/c1-2-15-9(14)7-6(10)3-5(4-13-7)8(11)12/h3-4,8H,2H2,1H3. The van der Waals surface area contributed by atoms with Crippen LogP contribution in [0.1, 0.15) is 29.4 Å². The minimum Gasteiger partial charge on any atom is -0.461 e. The van der Waals surface area contributed by atoms with Crippen LogP contribution in [0.2, 0.25) is 0 Å². The second-order valence-electron chi connectivity index (χ2n) is 2.62. The largest absolute Gasteiger partial charge is 0.461 e. The number of carbonyl (C=O) groups excluding carboxylic acids is 1. The van der Waals surface area contributed by atoms with E-state index in [1.54, 1.807) is 6.92 Å². The molecule has 0 amide bonds. The molecule has 3 nitrogen and oxygen atoms in total. The average molecular weight is 280 g/mol. The first kappa shape index (κ1) is 12.0. The van der Waals surface area contributed by atoms with Gasteiger partial charge in [-0.05, 0) is 28.9 Å². The van der Waals surface area contributed by atoms with Crippen molar-refractivity contribution in [3.8, 4) is 0 Å². The molecule has 0 N–H and O–H groups in total. The van der Waals surface area contributed by atoms with Gasteiger partial charge in [0.05, 0.1) is 11.1 Å². The molecule has 0 unspecified atom stereocenters. The molecule has 0 radical (unpaired) electrons. The molecule has 6 heteroatoms. The fraction of sp³-hybridized carbons (Fsp3) is 0.333. The van der Waals surface area contributed by atoms with Gasteiger partial charge in [0, 0.05) is 11.8 Å². The molecule has 15 heavy (non-hydrogen) atoms. The van der Waals surface area contributed by atoms with Gasteiger partial charge in [-0.2, -0.15) is 0 Å². The lowest BCUT2D eigenvalue weighted by Crippen LogP contribution is -2.08. The zero-order valence-corrected chi connectivity index (χ0v) is 9.42. The maximum Gasteiger partial charge on any atom is 0.358 e. The van der Waals surface area contributed by atoms with E-state index in [-0.39, 0.29) is 22.3 Å². The minimum absolute atomic E-state index is 0.00116. The van der Waals surface area contributed by atoms with Crippen LogP contribution >= 0.6 is 15.9 Å². The maximum absolute atomic E-state index is 12.3. The van der Waals surface area contributed by atoms with Crippen molar-refractivity contribution in [1.29, 1.82) is 0 Å². The number of alkyl halides is 2. The lowest BCUT2D eigenvalue weighted by Gasteiger charge is -2.05. The average Bonchev–Trinajstić information content (AvgIpc) is 2.17. The fourth-order valence-electron chi connectivity index (χ4n) is 0.922. The summed E-state index contributed by atoms with van der Waals surface area (Å²) < 4.78 is 29.4. The third kappa shape index (κ3) is 2.95. The smallest absolute Gasteiger partial charge is 0.358 e. The van der Waals surface area contributed by atoms with Crippen LogP contribution in [0, 0.1) is 0 Å². The van der Waals surface area contributed by atoms with Crippen LogP contribution in [0.5, 0.6) is 0 Å². The molecule has 82 valence electrons. The number of hydrogen-bond donors (Lipinski definition) is 0. The van der Waals surface area contributed by atoms with Crippen molar-refractivity contribution in [3.05, 3.63) is 28.0 Å². The fourth-order valence-corrected chi connectivity index (χ4v) is 1.45. The van der Waals surface area contributed by atoms with Gasteiger partial charge in [-0.15, -0.1) is 0 Å². The molecule has 0 atom stereocenters. The Morgan fingerprint density at radius 1 is 1.67 bits per heavy atom. The van der Waals surface area contributed by atoms with Crippen molar-refractivity contribution in [2.75, 3.05) is 6.61 Å². The third-order valence-electron chi connectivity index (χ3n) is 1.58. The zero-order valence-electron chi connectivity index (χ0n) is 7.84. The lowest BCUT2D eigenvalue weighted by atomic mass is 10.2. The monoisotopic (exact) mass is 279 g/mol.